The van der Waals surface area contributed by atoms with Crippen LogP contribution < -0.4 is 517 Å². The largest absolute Gasteiger partial charge is 2.00 e. The fourth-order valence-corrected chi connectivity index (χ4v) is 18.3. The maximum atomic E-state index is 11.2. The minimum absolute atomic E-state index is 0. The maximum absolute atomic E-state index is 11.2. The topological polar surface area (TPSA) is 913 Å². The number of hydrogen-bond acceptors (Lipinski definition) is 47. The van der Waals surface area contributed by atoms with Gasteiger partial charge in [0.2, 0.25) is 7.94 Å². The fourth-order valence-electron chi connectivity index (χ4n) is 1.73. The summed E-state index contributed by atoms with van der Waals surface area (Å²) >= 11 is 0. The molecule has 0 aliphatic carbocycles. The second-order valence-electron chi connectivity index (χ2n) is 8.61. The Labute approximate surface area is 867 Å². The number of hydrogen-bond donors (Lipinski definition) is 19. The summed E-state index contributed by atoms with van der Waals surface area (Å²) in [5, 5.41) is 0. The molecule has 2 fully saturated rings. The fraction of sp³-hybridized carbons (Fsp3) is 1.00. The molecule has 0 saturated carbocycles. The van der Waals surface area contributed by atoms with E-state index in [-0.39, 0.29) is 530 Å². The summed E-state index contributed by atoms with van der Waals surface area (Å²) in [6.07, 6.45) is 0. The van der Waals surface area contributed by atoms with Gasteiger partial charge in [0.25, 0.3) is 16.3 Å². The first-order valence-electron chi connectivity index (χ1n) is 12.0. The molecule has 4 atom stereocenters. The summed E-state index contributed by atoms with van der Waals surface area (Å²) in [5.74, 6) is 0. The molecule has 0 aromatic rings. The first-order valence-corrected chi connectivity index (χ1v) is 35.1. The molecule has 0 aromatic carbocycles. The van der Waals surface area contributed by atoms with Gasteiger partial charge in [-0.1, -0.05) is 0 Å². The van der Waals surface area contributed by atoms with E-state index in [9.17, 15) is 73.4 Å². The molecule has 49 nitrogen and oxygen atoms in total. The van der Waals surface area contributed by atoms with E-state index in [0.29, 0.717) is 0 Å². The molecule has 0 aromatic heterocycles. The van der Waals surface area contributed by atoms with Gasteiger partial charge in [-0.2, -0.15) is 78.3 Å². The average molecular weight is 1730 g/mol. The van der Waals surface area contributed by atoms with Crippen LogP contribution in [0.15, 0.2) is 0 Å². The monoisotopic (exact) mass is 1730 g/mol. The normalized spacial score (nSPS) is 28.8. The Balaban J connectivity index is -0.0000000281. The van der Waals surface area contributed by atoms with Crippen molar-refractivity contribution in [3.8, 4) is 0 Å². The number of rotatable bonds is 7. The third-order valence-corrected chi connectivity index (χ3v) is 23.4. The molecular formula is C2H29Ca2Na15O49P15+19. The van der Waals surface area contributed by atoms with Crippen LogP contribution in [0.5, 0.6) is 0 Å². The van der Waals surface area contributed by atoms with Gasteiger partial charge >= 0.3 is 617 Å². The van der Waals surface area contributed by atoms with Gasteiger partial charge in [-0.15, -0.1) is 0 Å². The minimum Gasteiger partial charge on any atom is -0.632 e. The van der Waals surface area contributed by atoms with Gasteiger partial charge in [0, 0.05) is 38.8 Å². The first kappa shape index (κ1) is 165. The van der Waals surface area contributed by atoms with Gasteiger partial charge < -0.3 is 84.4 Å². The molecule has 2 aliphatic heterocycles. The molecule has 0 bridgehead atoms. The Bertz CT molecular complexity index is 1210. The smallest absolute Gasteiger partial charge is 0.632 e. The predicted molar refractivity (Wildman–Crippen MR) is 191 cm³/mol. The first-order chi connectivity index (χ1) is 27.0. The predicted octanol–water partition coefficient (Wildman–Crippen LogP) is -63.4. The van der Waals surface area contributed by atoms with E-state index < -0.39 is 122 Å². The van der Waals surface area contributed by atoms with Gasteiger partial charge in [0.15, 0.2) is 0 Å². The van der Waals surface area contributed by atoms with Crippen LogP contribution in [0.25, 0.3) is 0 Å². The van der Waals surface area contributed by atoms with E-state index in [4.69, 9.17) is 93.0 Å². The Morgan fingerprint density at radius 1 is 0.313 bits per heavy atom. The summed E-state index contributed by atoms with van der Waals surface area (Å²) in [4.78, 5) is 316. The zero-order valence-electron chi connectivity index (χ0n) is 46.1. The van der Waals surface area contributed by atoms with Crippen molar-refractivity contribution in [2.45, 2.75) is 0 Å². The summed E-state index contributed by atoms with van der Waals surface area (Å²) in [6, 6.07) is 0. The third-order valence-electron chi connectivity index (χ3n) is 2.83. The summed E-state index contributed by atoms with van der Waals surface area (Å²) in [5.41, 5.74) is 0. The Hall–Kier alpha value is 22.0. The van der Waals surface area contributed by atoms with Crippen LogP contribution >= 0.6 is 122 Å². The Kier molecular flexibility index (Phi) is 140. The summed E-state index contributed by atoms with van der Waals surface area (Å²) < 4.78 is 43.2. The third kappa shape index (κ3) is 115. The van der Waals surface area contributed by atoms with Crippen molar-refractivity contribution in [1.29, 1.82) is 0 Å². The molecule has 0 radical (unpaired) electrons. The van der Waals surface area contributed by atoms with Crippen molar-refractivity contribution >= 4 is 198 Å². The SMILES string of the molecule is CO[P+](C)([O-])O.O.O.[Ca+2].[Ca+2].[Na+].[Na+].[Na+].[Na+].[Na+].[Na+].[Na+].[Na+].[Na+].[Na+].[Na+].[Na+].[Na+].[Na+].[Na+].[O-][P+]([O-])(O)O[P+](O)(O)O.[O-][P+]([O-])(O)O[P+]([O-])(O)O[P+]([O-])(O)O.[O-][P+]1(O)O[P+]([O-])(O)O[P+](O)(O)O1.[O-][P+]1(O)O[P+]([O-])(O)O[P+]([O-])(O)O[P+]([O-])(O)O[P+]([O-])(O)O[P+]([O-])(O)O1. The van der Waals surface area contributed by atoms with E-state index in [1.54, 1.807) is 0 Å². The van der Waals surface area contributed by atoms with E-state index in [2.05, 4.69) is 56.3 Å². The molecule has 83 heavy (non-hydrogen) atoms. The van der Waals surface area contributed by atoms with Crippen LogP contribution in [0.4, 0.5) is 0 Å². The van der Waals surface area contributed by atoms with E-state index in [0.717, 1.165) is 6.66 Å². The molecule has 0 amide bonds. The van der Waals surface area contributed by atoms with Crippen LogP contribution in [-0.2, 0) is 56.3 Å². The van der Waals surface area contributed by atoms with Crippen LogP contribution in [0.2, 0.25) is 0 Å². The average Bonchev–Trinajstić information content (AvgIpc) is 2.75. The molecule has 2 rings (SSSR count). The molecule has 2 heterocycles. The zero-order valence-corrected chi connectivity index (χ0v) is 93.9. The molecule has 4 unspecified atom stereocenters. The molecule has 0 spiro atoms. The Morgan fingerprint density at radius 2 is 0.458 bits per heavy atom. The summed E-state index contributed by atoms with van der Waals surface area (Å²) in [7, 11) is -79.8. The second-order valence-corrected chi connectivity index (χ2v) is 31.7. The van der Waals surface area contributed by atoms with E-state index >= 15 is 0 Å². The van der Waals surface area contributed by atoms with Crippen LogP contribution in [0.3, 0.4) is 0 Å². The van der Waals surface area contributed by atoms with Gasteiger partial charge in [0.05, 0.1) is 22.4 Å². The van der Waals surface area contributed by atoms with Crippen molar-refractivity contribution in [1.82, 2.24) is 0 Å². The van der Waals surface area contributed by atoms with Crippen LogP contribution in [0, 0.1) is 0 Å². The van der Waals surface area contributed by atoms with Crippen molar-refractivity contribution in [2.24, 2.45) is 0 Å². The van der Waals surface area contributed by atoms with Gasteiger partial charge in [-0.05, 0) is 4.31 Å². The maximum Gasteiger partial charge on any atom is 2.00 e. The second kappa shape index (κ2) is 70.6. The quantitative estimate of drug-likeness (QED) is 0.0831. The van der Waals surface area contributed by atoms with Crippen LogP contribution in [-0.4, -0.2) is 193 Å². The van der Waals surface area contributed by atoms with E-state index in [1.807, 2.05) is 0 Å². The van der Waals surface area contributed by atoms with E-state index in [1.165, 1.54) is 7.11 Å². The van der Waals surface area contributed by atoms with Crippen molar-refractivity contribution in [3.63, 3.8) is 0 Å². The van der Waals surface area contributed by atoms with Crippen molar-refractivity contribution in [2.75, 3.05) is 13.8 Å². The molecule has 81 heteroatoms. The minimum atomic E-state index is -6.11. The Morgan fingerprint density at radius 3 is 0.542 bits per heavy atom. The number of phosphoric acid groups is 12. The van der Waals surface area contributed by atoms with Crippen molar-refractivity contribution < 1.29 is 677 Å². The molecule has 23 N–H and O–H groups in total. The molecule has 406 valence electrons. The van der Waals surface area contributed by atoms with Gasteiger partial charge in [-0.3, -0.25) is 0 Å². The molecular weight excluding hydrogens is 1700 g/mol. The molecule has 2 saturated heterocycles. The van der Waals surface area contributed by atoms with Gasteiger partial charge in [0.1, 0.15) is 0 Å². The zero-order chi connectivity index (χ0) is 52.7. The van der Waals surface area contributed by atoms with Crippen LogP contribution in [0.1, 0.15) is 0 Å². The van der Waals surface area contributed by atoms with Gasteiger partial charge in [-0.25, -0.2) is 19.2 Å². The van der Waals surface area contributed by atoms with Crippen molar-refractivity contribution in [3.05, 3.63) is 0 Å². The standard InChI is InChI=1S/C2H7O3P.2Ca.15Na.H6O18P6.H5O10P3.H3O9P3.H4O7P2.2H2O/c1-5-6(2,3)4;;;;;;;;;;;;;;;;;;1-19(2)13-20(3,4)15-22(7,8)17-24(11,12)18-23(9,10)16-21(5,6)14-19;1-11(2,3)9-13(7,8)10-12(4,5)6;1-10(2)7-11(3,4)9-12(5,6)8-10;1-8(2,3)7-9(4,5)6;;/h1-2H3,(H,3,4);;;;;;;;;;;;;;;;;;(H,1,2)(H,3,4)(H,5,6)(H,7,8)(H,9,10)(H,11,12);(H,7,8)(H2,1,2,3)(H2,4,5,6);1-2H,(H-,3,4,5,6);1-3H,(H-,4,5,6);2*1H2/q;2*+2;15*+1;;;;;;. The summed E-state index contributed by atoms with van der Waals surface area (Å²) in [6.45, 7) is 1.13. The molecule has 2 aliphatic rings.